The van der Waals surface area contributed by atoms with E-state index < -0.39 is 0 Å². The Hall–Kier alpha value is -4.33. The second-order valence-corrected chi connectivity index (χ2v) is 7.26. The largest absolute Gasteiger partial charge is 0.497 e. The van der Waals surface area contributed by atoms with Gasteiger partial charge in [-0.25, -0.2) is 23.3 Å². The fraction of sp³-hybridized carbons (Fsp3) is 0.0800. The third kappa shape index (κ3) is 3.87. The van der Waals surface area contributed by atoms with E-state index in [0.717, 1.165) is 5.56 Å². The maximum atomic E-state index is 13.5. The van der Waals surface area contributed by atoms with Crippen LogP contribution in [-0.4, -0.2) is 33.8 Å². The van der Waals surface area contributed by atoms with Crippen LogP contribution in [0.15, 0.2) is 72.9 Å². The normalized spacial score (nSPS) is 11.0. The molecule has 0 fully saturated rings. The van der Waals surface area contributed by atoms with Crippen molar-refractivity contribution >= 4 is 5.78 Å². The summed E-state index contributed by atoms with van der Waals surface area (Å²) in [5.74, 6) is 0.898. The molecule has 0 amide bonds. The molecule has 5 aromatic rings. The predicted octanol–water partition coefficient (Wildman–Crippen LogP) is 5.42. The van der Waals surface area contributed by atoms with E-state index in [1.807, 2.05) is 12.1 Å². The summed E-state index contributed by atoms with van der Waals surface area (Å²) in [5.41, 5.74) is 3.71. The maximum Gasteiger partial charge on any atom is 0.251 e. The van der Waals surface area contributed by atoms with Gasteiger partial charge in [0, 0.05) is 22.8 Å². The summed E-state index contributed by atoms with van der Waals surface area (Å²) >= 11 is 0. The lowest BCUT2D eigenvalue weighted by molar-refractivity contribution is 0.395. The van der Waals surface area contributed by atoms with E-state index in [1.54, 1.807) is 55.3 Å². The Morgan fingerprint density at radius 3 is 1.97 bits per heavy atom. The number of benzene rings is 3. The van der Waals surface area contributed by atoms with Crippen LogP contribution in [0.2, 0.25) is 0 Å². The average molecular weight is 444 g/mol. The third-order valence-electron chi connectivity index (χ3n) is 5.23. The highest BCUT2D eigenvalue weighted by Gasteiger charge is 2.18. The molecule has 0 spiro atoms. The van der Waals surface area contributed by atoms with Crippen LogP contribution < -0.4 is 9.47 Å². The van der Waals surface area contributed by atoms with Gasteiger partial charge in [0.1, 0.15) is 34.5 Å². The second-order valence-electron chi connectivity index (χ2n) is 7.26. The van der Waals surface area contributed by atoms with Gasteiger partial charge in [0.2, 0.25) is 0 Å². The van der Waals surface area contributed by atoms with Crippen LogP contribution in [0.3, 0.4) is 0 Å². The fourth-order valence-corrected chi connectivity index (χ4v) is 3.57. The van der Waals surface area contributed by atoms with E-state index in [4.69, 9.17) is 19.6 Å². The lowest BCUT2D eigenvalue weighted by atomic mass is 10.0. The van der Waals surface area contributed by atoms with Crippen molar-refractivity contribution in [2.45, 2.75) is 0 Å². The van der Waals surface area contributed by atoms with E-state index in [9.17, 15) is 8.78 Å². The number of halogens is 2. The van der Waals surface area contributed by atoms with Crippen LogP contribution in [0.25, 0.3) is 39.5 Å². The molecule has 164 valence electrons. The number of nitrogens with zero attached hydrogens (tertiary/aromatic N) is 4. The zero-order valence-electron chi connectivity index (χ0n) is 17.8. The Morgan fingerprint density at radius 2 is 1.36 bits per heavy atom. The van der Waals surface area contributed by atoms with Crippen molar-refractivity contribution in [3.63, 3.8) is 0 Å². The molecule has 0 aliphatic rings. The molecular weight excluding hydrogens is 426 g/mol. The van der Waals surface area contributed by atoms with E-state index >= 15 is 0 Å². The topological polar surface area (TPSA) is 61.5 Å². The number of rotatable bonds is 5. The quantitative estimate of drug-likeness (QED) is 0.362. The molecule has 0 N–H and O–H groups in total. The highest BCUT2D eigenvalue weighted by Crippen LogP contribution is 2.34. The van der Waals surface area contributed by atoms with Gasteiger partial charge in [0.15, 0.2) is 0 Å². The Kier molecular flexibility index (Phi) is 5.18. The molecule has 33 heavy (non-hydrogen) atoms. The molecule has 0 saturated heterocycles. The van der Waals surface area contributed by atoms with Gasteiger partial charge in [-0.1, -0.05) is 0 Å². The molecule has 0 radical (unpaired) electrons. The zero-order valence-corrected chi connectivity index (χ0v) is 17.8. The second kappa shape index (κ2) is 8.31. The van der Waals surface area contributed by atoms with E-state index in [1.165, 1.54) is 24.3 Å². The molecule has 0 aliphatic heterocycles. The molecule has 2 heterocycles. The van der Waals surface area contributed by atoms with Crippen molar-refractivity contribution in [2.24, 2.45) is 0 Å². The van der Waals surface area contributed by atoms with Crippen LogP contribution in [-0.2, 0) is 0 Å². The highest BCUT2D eigenvalue weighted by molar-refractivity contribution is 5.79. The number of ether oxygens (including phenoxy) is 2. The molecule has 0 unspecified atom stereocenters. The summed E-state index contributed by atoms with van der Waals surface area (Å²) in [6, 6.07) is 17.4. The Balaban J connectivity index is 1.71. The molecule has 0 bridgehead atoms. The van der Waals surface area contributed by atoms with Crippen molar-refractivity contribution in [1.82, 2.24) is 19.6 Å². The van der Waals surface area contributed by atoms with Gasteiger partial charge < -0.3 is 9.47 Å². The summed E-state index contributed by atoms with van der Waals surface area (Å²) in [7, 11) is 3.16. The zero-order chi connectivity index (χ0) is 22.9. The number of fused-ring (bicyclic) bond motifs is 1. The van der Waals surface area contributed by atoms with Crippen molar-refractivity contribution in [2.75, 3.05) is 14.2 Å². The molecule has 2 aromatic heterocycles. The maximum absolute atomic E-state index is 13.5. The van der Waals surface area contributed by atoms with Gasteiger partial charge in [-0.2, -0.15) is 5.10 Å². The molecule has 0 saturated carbocycles. The Labute approximate surface area is 188 Å². The lowest BCUT2D eigenvalue weighted by Crippen LogP contribution is -2.01. The van der Waals surface area contributed by atoms with E-state index in [0.29, 0.717) is 45.5 Å². The van der Waals surface area contributed by atoms with Crippen molar-refractivity contribution < 1.29 is 18.3 Å². The number of hydrogen-bond donors (Lipinski definition) is 0. The SMILES string of the molecule is COc1ccc(-c2cn3nc(-c4ccc(F)cc4)c(-c4ccc(F)cc4)nc3n2)c(OC)c1. The van der Waals surface area contributed by atoms with E-state index in [-0.39, 0.29) is 11.6 Å². The Bertz CT molecular complexity index is 1370. The third-order valence-corrected chi connectivity index (χ3v) is 5.23. The first kappa shape index (κ1) is 20.6. The minimum absolute atomic E-state index is 0.354. The Morgan fingerprint density at radius 1 is 0.727 bits per heavy atom. The molecule has 8 heteroatoms. The monoisotopic (exact) mass is 444 g/mol. The molecule has 0 aliphatic carbocycles. The highest BCUT2D eigenvalue weighted by atomic mass is 19.1. The average Bonchev–Trinajstić information content (AvgIpc) is 3.26. The smallest absolute Gasteiger partial charge is 0.251 e. The van der Waals surface area contributed by atoms with Gasteiger partial charge in [-0.3, -0.25) is 0 Å². The van der Waals surface area contributed by atoms with Crippen LogP contribution >= 0.6 is 0 Å². The minimum Gasteiger partial charge on any atom is -0.497 e. The lowest BCUT2D eigenvalue weighted by Gasteiger charge is -2.09. The number of imidazole rings is 1. The fourth-order valence-electron chi connectivity index (χ4n) is 3.57. The molecule has 0 atom stereocenters. The number of hydrogen-bond acceptors (Lipinski definition) is 5. The van der Waals surface area contributed by atoms with Crippen LogP contribution in [0.4, 0.5) is 8.78 Å². The van der Waals surface area contributed by atoms with Crippen molar-refractivity contribution in [3.05, 3.63) is 84.6 Å². The molecule has 6 nitrogen and oxygen atoms in total. The summed E-state index contributed by atoms with van der Waals surface area (Å²) in [6.07, 6.45) is 1.74. The molecular formula is C25H18F2N4O2. The summed E-state index contributed by atoms with van der Waals surface area (Å²) in [5, 5.41) is 4.72. The first-order valence-electron chi connectivity index (χ1n) is 10.1. The summed E-state index contributed by atoms with van der Waals surface area (Å²) in [4.78, 5) is 9.35. The summed E-state index contributed by atoms with van der Waals surface area (Å²) < 4.78 is 39.4. The standard InChI is InChI=1S/C25H18F2N4O2/c1-32-19-11-12-20(22(13-19)33-2)21-14-31-25(28-21)29-23(15-3-7-17(26)8-4-15)24(30-31)16-5-9-18(27)10-6-16/h3-14H,1-2H3. The molecule has 5 rings (SSSR count). The number of methoxy groups -OCH3 is 2. The van der Waals surface area contributed by atoms with Gasteiger partial charge in [0.25, 0.3) is 5.78 Å². The first-order valence-corrected chi connectivity index (χ1v) is 10.1. The summed E-state index contributed by atoms with van der Waals surface area (Å²) in [6.45, 7) is 0. The minimum atomic E-state index is -0.356. The predicted molar refractivity (Wildman–Crippen MR) is 120 cm³/mol. The van der Waals surface area contributed by atoms with Crippen LogP contribution in [0, 0.1) is 11.6 Å². The van der Waals surface area contributed by atoms with Gasteiger partial charge in [0.05, 0.1) is 26.1 Å². The van der Waals surface area contributed by atoms with Gasteiger partial charge >= 0.3 is 0 Å². The van der Waals surface area contributed by atoms with Gasteiger partial charge in [-0.15, -0.1) is 0 Å². The first-order chi connectivity index (χ1) is 16.1. The van der Waals surface area contributed by atoms with E-state index in [2.05, 4.69) is 4.98 Å². The van der Waals surface area contributed by atoms with Crippen molar-refractivity contribution in [3.8, 4) is 45.3 Å². The van der Waals surface area contributed by atoms with Gasteiger partial charge in [-0.05, 0) is 60.7 Å². The van der Waals surface area contributed by atoms with Crippen LogP contribution in [0.1, 0.15) is 0 Å². The number of aromatic nitrogens is 4. The molecule has 3 aromatic carbocycles. The van der Waals surface area contributed by atoms with Crippen LogP contribution in [0.5, 0.6) is 11.5 Å². The van der Waals surface area contributed by atoms with Crippen molar-refractivity contribution in [1.29, 1.82) is 0 Å².